The molecule has 2 heteroatoms. The van der Waals surface area contributed by atoms with Gasteiger partial charge < -0.3 is 4.74 Å². The van der Waals surface area contributed by atoms with Crippen molar-refractivity contribution < 1.29 is 4.74 Å². The maximum absolute atomic E-state index is 5.30. The molecule has 0 aliphatic rings. The van der Waals surface area contributed by atoms with Crippen molar-refractivity contribution in [3.63, 3.8) is 0 Å². The van der Waals surface area contributed by atoms with Gasteiger partial charge in [0, 0.05) is 12.4 Å². The van der Waals surface area contributed by atoms with Crippen molar-refractivity contribution in [2.45, 2.75) is 13.8 Å². The number of hydrogen-bond acceptors (Lipinski definition) is 2. The smallest absolute Gasteiger partial charge is 0.0682 e. The van der Waals surface area contributed by atoms with Gasteiger partial charge in [0.15, 0.2) is 0 Å². The summed E-state index contributed by atoms with van der Waals surface area (Å²) in [6.07, 6.45) is 0. The fraction of sp³-hybridized carbons (Fsp3) is 0.750. The van der Waals surface area contributed by atoms with E-state index in [4.69, 9.17) is 4.74 Å². The highest BCUT2D eigenvalue weighted by atomic mass is 32.1. The third kappa shape index (κ3) is 6.17. The normalized spacial score (nSPS) is 10.4. The Morgan fingerprint density at radius 3 is 2.60 bits per heavy atom. The number of rotatable bonds is 5. The Labute approximate surface area is 68.9 Å². The molecule has 0 aliphatic carbocycles. The van der Waals surface area contributed by atoms with E-state index in [0.29, 0.717) is 12.5 Å². The summed E-state index contributed by atoms with van der Waals surface area (Å²) in [4.78, 5) is 0. The molecule has 0 spiro atoms. The summed E-state index contributed by atoms with van der Waals surface area (Å²) in [5.74, 6) is 1.32. The van der Waals surface area contributed by atoms with Crippen LogP contribution in [0.4, 0.5) is 0 Å². The lowest BCUT2D eigenvalue weighted by Gasteiger charge is -2.06. The van der Waals surface area contributed by atoms with E-state index in [1.807, 2.05) is 0 Å². The predicted molar refractivity (Wildman–Crippen MR) is 48.7 cm³/mol. The van der Waals surface area contributed by atoms with Crippen molar-refractivity contribution in [1.29, 1.82) is 0 Å². The summed E-state index contributed by atoms with van der Waals surface area (Å²) >= 11 is 4.06. The van der Waals surface area contributed by atoms with Gasteiger partial charge in [-0.2, -0.15) is 12.6 Å². The van der Waals surface area contributed by atoms with Gasteiger partial charge >= 0.3 is 0 Å². The molecule has 0 heterocycles. The predicted octanol–water partition coefficient (Wildman–Crippen LogP) is 2.14. The zero-order chi connectivity index (χ0) is 7.98. The third-order valence-corrected chi connectivity index (χ3v) is 1.43. The molecule has 0 radical (unpaired) electrons. The number of ether oxygens (including phenoxy) is 1. The summed E-state index contributed by atoms with van der Waals surface area (Å²) in [6, 6.07) is 0. The summed E-state index contributed by atoms with van der Waals surface area (Å²) in [5, 5.41) is 0. The van der Waals surface area contributed by atoms with Crippen LogP contribution in [0, 0.1) is 5.92 Å². The van der Waals surface area contributed by atoms with Crippen molar-refractivity contribution in [1.82, 2.24) is 0 Å². The number of thiol groups is 1. The first-order valence-corrected chi connectivity index (χ1v) is 4.15. The first kappa shape index (κ1) is 10.0. The highest BCUT2D eigenvalue weighted by Crippen LogP contribution is 1.97. The molecule has 0 saturated carbocycles. The van der Waals surface area contributed by atoms with Gasteiger partial charge in [-0.25, -0.2) is 0 Å². The van der Waals surface area contributed by atoms with Crippen LogP contribution in [0.25, 0.3) is 0 Å². The van der Waals surface area contributed by atoms with Crippen molar-refractivity contribution in [2.75, 3.05) is 19.0 Å². The molecule has 0 aromatic rings. The number of hydrogen-bond donors (Lipinski definition) is 1. The molecule has 0 unspecified atom stereocenters. The van der Waals surface area contributed by atoms with E-state index in [1.165, 1.54) is 0 Å². The molecule has 0 aromatic heterocycles. The summed E-state index contributed by atoms with van der Waals surface area (Å²) in [6.45, 7) is 9.49. The lowest BCUT2D eigenvalue weighted by atomic mass is 10.2. The highest BCUT2D eigenvalue weighted by Gasteiger charge is 1.94. The fourth-order valence-electron chi connectivity index (χ4n) is 0.485. The van der Waals surface area contributed by atoms with Crippen molar-refractivity contribution in [3.8, 4) is 0 Å². The molecule has 0 aliphatic heterocycles. The van der Waals surface area contributed by atoms with Gasteiger partial charge in [-0.1, -0.05) is 20.4 Å². The largest absolute Gasteiger partial charge is 0.377 e. The van der Waals surface area contributed by atoms with Gasteiger partial charge in [0.1, 0.15) is 0 Å². The molecule has 0 N–H and O–H groups in total. The zero-order valence-corrected chi connectivity index (χ0v) is 7.66. The molecular formula is C8H16OS. The zero-order valence-electron chi connectivity index (χ0n) is 6.76. The minimum Gasteiger partial charge on any atom is -0.377 e. The van der Waals surface area contributed by atoms with E-state index in [9.17, 15) is 0 Å². The van der Waals surface area contributed by atoms with Crippen LogP contribution in [0.15, 0.2) is 12.2 Å². The van der Waals surface area contributed by atoms with Gasteiger partial charge in [0.05, 0.1) is 6.61 Å². The lowest BCUT2D eigenvalue weighted by molar-refractivity contribution is 0.130. The standard InChI is InChI=1S/C8H16OS/c1-7(2)4-9-5-8(3)6-10/h7,10H,3-6H2,1-2H3. The van der Waals surface area contributed by atoms with Crippen LogP contribution in [-0.2, 0) is 4.74 Å². The van der Waals surface area contributed by atoms with Crippen LogP contribution in [0.2, 0.25) is 0 Å². The van der Waals surface area contributed by atoms with Crippen molar-refractivity contribution in [2.24, 2.45) is 5.92 Å². The molecule has 0 fully saturated rings. The Morgan fingerprint density at radius 2 is 2.20 bits per heavy atom. The minimum absolute atomic E-state index is 0.604. The van der Waals surface area contributed by atoms with Gasteiger partial charge in [0.2, 0.25) is 0 Å². The molecule has 0 aromatic carbocycles. The van der Waals surface area contributed by atoms with Gasteiger partial charge in [-0.3, -0.25) is 0 Å². The van der Waals surface area contributed by atoms with Gasteiger partial charge in [-0.05, 0) is 11.5 Å². The van der Waals surface area contributed by atoms with Gasteiger partial charge in [-0.15, -0.1) is 0 Å². The van der Waals surface area contributed by atoms with E-state index in [2.05, 4.69) is 33.1 Å². The van der Waals surface area contributed by atoms with Crippen LogP contribution < -0.4 is 0 Å². The van der Waals surface area contributed by atoms with Crippen LogP contribution in [-0.4, -0.2) is 19.0 Å². The second-order valence-electron chi connectivity index (χ2n) is 2.82. The lowest BCUT2D eigenvalue weighted by Crippen LogP contribution is -2.04. The Hall–Kier alpha value is 0.0500. The fourth-order valence-corrected chi connectivity index (χ4v) is 0.576. The van der Waals surface area contributed by atoms with Crippen molar-refractivity contribution in [3.05, 3.63) is 12.2 Å². The van der Waals surface area contributed by atoms with E-state index in [1.54, 1.807) is 0 Å². The minimum atomic E-state index is 0.604. The molecular weight excluding hydrogens is 144 g/mol. The Kier molecular flexibility index (Phi) is 5.84. The quantitative estimate of drug-likeness (QED) is 0.479. The average Bonchev–Trinajstić information content (AvgIpc) is 1.87. The molecule has 0 saturated heterocycles. The van der Waals surface area contributed by atoms with Crippen LogP contribution in [0.1, 0.15) is 13.8 Å². The maximum atomic E-state index is 5.30. The summed E-state index contributed by atoms with van der Waals surface area (Å²) < 4.78 is 5.30. The molecule has 0 rings (SSSR count). The second kappa shape index (κ2) is 5.81. The van der Waals surface area contributed by atoms with E-state index < -0.39 is 0 Å². The van der Waals surface area contributed by atoms with Gasteiger partial charge in [0.25, 0.3) is 0 Å². The Morgan fingerprint density at radius 1 is 1.60 bits per heavy atom. The van der Waals surface area contributed by atoms with Crippen molar-refractivity contribution >= 4 is 12.6 Å². The topological polar surface area (TPSA) is 9.23 Å². The summed E-state index contributed by atoms with van der Waals surface area (Å²) in [5.41, 5.74) is 1.05. The first-order valence-electron chi connectivity index (χ1n) is 3.52. The summed E-state index contributed by atoms with van der Waals surface area (Å²) in [7, 11) is 0. The monoisotopic (exact) mass is 160 g/mol. The Bertz CT molecular complexity index is 99.4. The third-order valence-electron chi connectivity index (χ3n) is 0.981. The average molecular weight is 160 g/mol. The molecule has 60 valence electrons. The highest BCUT2D eigenvalue weighted by molar-refractivity contribution is 7.80. The van der Waals surface area contributed by atoms with E-state index in [-0.39, 0.29) is 0 Å². The molecule has 0 atom stereocenters. The van der Waals surface area contributed by atoms with E-state index in [0.717, 1.165) is 17.9 Å². The maximum Gasteiger partial charge on any atom is 0.0682 e. The second-order valence-corrected chi connectivity index (χ2v) is 3.13. The van der Waals surface area contributed by atoms with Crippen LogP contribution >= 0.6 is 12.6 Å². The SMILES string of the molecule is C=C(CS)COCC(C)C. The molecule has 0 amide bonds. The Balaban J connectivity index is 3.12. The molecule has 10 heavy (non-hydrogen) atoms. The molecule has 1 nitrogen and oxygen atoms in total. The van der Waals surface area contributed by atoms with Crippen LogP contribution in [0.5, 0.6) is 0 Å². The van der Waals surface area contributed by atoms with Crippen LogP contribution in [0.3, 0.4) is 0 Å². The first-order chi connectivity index (χ1) is 4.66. The van der Waals surface area contributed by atoms with E-state index >= 15 is 0 Å². The molecule has 0 bridgehead atoms.